The van der Waals surface area contributed by atoms with Crippen molar-refractivity contribution < 1.29 is 14.6 Å². The van der Waals surface area contributed by atoms with Gasteiger partial charge in [0.15, 0.2) is 0 Å². The molecule has 0 saturated heterocycles. The molecule has 1 aromatic heterocycles. The number of carbonyl (C=O) groups excluding carboxylic acids is 1. The van der Waals surface area contributed by atoms with E-state index in [0.717, 1.165) is 12.8 Å². The first kappa shape index (κ1) is 16.0. The van der Waals surface area contributed by atoms with Gasteiger partial charge in [0.25, 0.3) is 0 Å². The Morgan fingerprint density at radius 3 is 2.86 bits per heavy atom. The number of aryl methyl sites for hydroxylation is 1. The summed E-state index contributed by atoms with van der Waals surface area (Å²) in [7, 11) is 1.79. The normalized spacial score (nSPS) is 19.2. The fourth-order valence-electron chi connectivity index (χ4n) is 2.55. The van der Waals surface area contributed by atoms with Crippen LogP contribution in [-0.2, 0) is 22.2 Å². The zero-order valence-corrected chi connectivity index (χ0v) is 12.8. The molecular weight excluding hydrogens is 270 g/mol. The van der Waals surface area contributed by atoms with E-state index < -0.39 is 5.60 Å². The van der Waals surface area contributed by atoms with Crippen LogP contribution in [0.15, 0.2) is 12.4 Å². The second-order valence-electron chi connectivity index (χ2n) is 6.02. The van der Waals surface area contributed by atoms with Gasteiger partial charge in [0, 0.05) is 18.8 Å². The Labute approximate surface area is 125 Å². The van der Waals surface area contributed by atoms with Crippen LogP contribution in [0.25, 0.3) is 0 Å². The second kappa shape index (κ2) is 7.04. The molecule has 2 N–H and O–H groups in total. The molecule has 1 aliphatic rings. The van der Waals surface area contributed by atoms with Crippen molar-refractivity contribution in [2.45, 2.75) is 50.7 Å². The number of hydrogen-bond acceptors (Lipinski definition) is 4. The van der Waals surface area contributed by atoms with Gasteiger partial charge < -0.3 is 15.2 Å². The smallest absolute Gasteiger partial charge is 0.246 e. The van der Waals surface area contributed by atoms with Gasteiger partial charge in [-0.1, -0.05) is 19.3 Å². The third-order valence-corrected chi connectivity index (χ3v) is 3.96. The largest absolute Gasteiger partial charge is 0.383 e. The van der Waals surface area contributed by atoms with Crippen molar-refractivity contribution in [2.24, 2.45) is 7.05 Å². The maximum absolute atomic E-state index is 11.8. The van der Waals surface area contributed by atoms with Gasteiger partial charge >= 0.3 is 0 Å². The molecule has 21 heavy (non-hydrogen) atoms. The Bertz CT molecular complexity index is 464. The van der Waals surface area contributed by atoms with E-state index in [2.05, 4.69) is 10.4 Å². The lowest BCUT2D eigenvalue weighted by Gasteiger charge is -2.24. The van der Waals surface area contributed by atoms with E-state index >= 15 is 0 Å². The summed E-state index contributed by atoms with van der Waals surface area (Å²) >= 11 is 0. The molecular formula is C15H25N3O3. The maximum atomic E-state index is 11.8. The Hall–Kier alpha value is -1.40. The summed E-state index contributed by atoms with van der Waals surface area (Å²) in [4.78, 5) is 11.8. The first-order chi connectivity index (χ1) is 9.97. The lowest BCUT2D eigenvalue weighted by molar-refractivity contribution is -0.129. The molecule has 6 nitrogen and oxygen atoms in total. The van der Waals surface area contributed by atoms with Gasteiger partial charge in [-0.15, -0.1) is 0 Å². The summed E-state index contributed by atoms with van der Waals surface area (Å²) in [5.74, 6) is -0.190. The van der Waals surface area contributed by atoms with Gasteiger partial charge in [0.2, 0.25) is 5.91 Å². The van der Waals surface area contributed by atoms with Crippen molar-refractivity contribution in [3.63, 3.8) is 0 Å². The minimum Gasteiger partial charge on any atom is -0.383 e. The van der Waals surface area contributed by atoms with Crippen LogP contribution in [0.2, 0.25) is 0 Å². The van der Waals surface area contributed by atoms with Crippen LogP contribution in [0.5, 0.6) is 0 Å². The van der Waals surface area contributed by atoms with Crippen molar-refractivity contribution >= 4 is 5.91 Å². The molecule has 1 aromatic rings. The van der Waals surface area contributed by atoms with Gasteiger partial charge in [-0.2, -0.15) is 5.10 Å². The number of amides is 1. The second-order valence-corrected chi connectivity index (χ2v) is 6.02. The predicted octanol–water partition coefficient (Wildman–Crippen LogP) is 1.09. The van der Waals surface area contributed by atoms with E-state index in [4.69, 9.17) is 4.74 Å². The van der Waals surface area contributed by atoms with E-state index in [1.54, 1.807) is 31.0 Å². The highest BCUT2D eigenvalue weighted by molar-refractivity contribution is 5.77. The molecule has 0 radical (unpaired) electrons. The molecule has 118 valence electrons. The van der Waals surface area contributed by atoms with Crippen molar-refractivity contribution in [2.75, 3.05) is 13.2 Å². The van der Waals surface area contributed by atoms with Gasteiger partial charge in [0.05, 0.1) is 18.8 Å². The molecule has 0 aromatic carbocycles. The fraction of sp³-hybridized carbons (Fsp3) is 0.733. The van der Waals surface area contributed by atoms with Crippen molar-refractivity contribution in [1.29, 1.82) is 0 Å². The lowest BCUT2D eigenvalue weighted by atomic mass is 9.98. The van der Waals surface area contributed by atoms with Crippen LogP contribution >= 0.6 is 0 Å². The van der Waals surface area contributed by atoms with Crippen LogP contribution in [0, 0.1) is 0 Å². The van der Waals surface area contributed by atoms with Crippen molar-refractivity contribution in [3.8, 4) is 0 Å². The average molecular weight is 295 g/mol. The molecule has 6 heteroatoms. The molecule has 0 spiro atoms. The minimum atomic E-state index is -1.13. The number of rotatable bonds is 6. The summed E-state index contributed by atoms with van der Waals surface area (Å²) in [5.41, 5.74) is -0.451. The monoisotopic (exact) mass is 295 g/mol. The fourth-order valence-corrected chi connectivity index (χ4v) is 2.55. The van der Waals surface area contributed by atoms with E-state index in [9.17, 15) is 9.90 Å². The lowest BCUT2D eigenvalue weighted by Crippen LogP contribution is -2.40. The van der Waals surface area contributed by atoms with Crippen LogP contribution in [-0.4, -0.2) is 40.0 Å². The third kappa shape index (κ3) is 4.82. The number of aliphatic hydroxyl groups is 1. The molecule has 1 heterocycles. The quantitative estimate of drug-likeness (QED) is 0.824. The summed E-state index contributed by atoms with van der Waals surface area (Å²) in [6.45, 7) is 1.87. The zero-order valence-electron chi connectivity index (χ0n) is 12.8. The highest BCUT2D eigenvalue weighted by atomic mass is 16.5. The molecule has 1 atom stereocenters. The number of carbonyl (C=O) groups is 1. The number of nitrogens with zero attached hydrogens (tertiary/aromatic N) is 2. The molecule has 0 bridgehead atoms. The van der Waals surface area contributed by atoms with E-state index in [1.807, 2.05) is 0 Å². The molecule has 1 saturated carbocycles. The molecule has 1 fully saturated rings. The first-order valence-electron chi connectivity index (χ1n) is 7.57. The van der Waals surface area contributed by atoms with E-state index in [1.165, 1.54) is 19.3 Å². The van der Waals surface area contributed by atoms with E-state index in [-0.39, 0.29) is 25.2 Å². The van der Waals surface area contributed by atoms with Crippen LogP contribution < -0.4 is 5.32 Å². The number of nitrogens with one attached hydrogen (secondary N) is 1. The highest BCUT2D eigenvalue weighted by Crippen LogP contribution is 2.20. The van der Waals surface area contributed by atoms with Gasteiger partial charge in [0.1, 0.15) is 12.2 Å². The van der Waals surface area contributed by atoms with Crippen molar-refractivity contribution in [1.82, 2.24) is 15.1 Å². The maximum Gasteiger partial charge on any atom is 0.246 e. The Morgan fingerprint density at radius 2 is 2.24 bits per heavy atom. The van der Waals surface area contributed by atoms with Crippen LogP contribution in [0.3, 0.4) is 0 Å². The summed E-state index contributed by atoms with van der Waals surface area (Å²) in [6, 6.07) is 0. The first-order valence-corrected chi connectivity index (χ1v) is 7.57. The summed E-state index contributed by atoms with van der Waals surface area (Å²) in [6.07, 6.45) is 9.27. The van der Waals surface area contributed by atoms with Gasteiger partial charge in [-0.25, -0.2) is 0 Å². The molecule has 0 aliphatic heterocycles. The summed E-state index contributed by atoms with van der Waals surface area (Å²) in [5, 5.41) is 17.1. The van der Waals surface area contributed by atoms with Crippen LogP contribution in [0.1, 0.15) is 44.6 Å². The van der Waals surface area contributed by atoms with Gasteiger partial charge in [-0.05, 0) is 19.8 Å². The van der Waals surface area contributed by atoms with E-state index in [0.29, 0.717) is 5.56 Å². The average Bonchev–Trinajstić information content (AvgIpc) is 2.92. The standard InChI is InChI=1S/C15H25N3O3/c1-15(20,12-8-17-18(2)9-12)11-16-14(19)10-21-13-6-4-3-5-7-13/h8-9,13,20H,3-7,10-11H2,1-2H3,(H,16,19). The Balaban J connectivity index is 1.72. The number of aromatic nitrogens is 2. The van der Waals surface area contributed by atoms with Crippen molar-refractivity contribution in [3.05, 3.63) is 18.0 Å². The molecule has 1 unspecified atom stereocenters. The topological polar surface area (TPSA) is 76.4 Å². The Morgan fingerprint density at radius 1 is 1.52 bits per heavy atom. The number of hydrogen-bond donors (Lipinski definition) is 2. The number of ether oxygens (including phenoxy) is 1. The SMILES string of the molecule is Cn1cc(C(C)(O)CNC(=O)COC2CCCCC2)cn1. The molecule has 1 amide bonds. The van der Waals surface area contributed by atoms with Gasteiger partial charge in [-0.3, -0.25) is 9.48 Å². The molecule has 1 aliphatic carbocycles. The third-order valence-electron chi connectivity index (χ3n) is 3.96. The highest BCUT2D eigenvalue weighted by Gasteiger charge is 2.25. The molecule has 2 rings (SSSR count). The predicted molar refractivity (Wildman–Crippen MR) is 78.6 cm³/mol. The Kier molecular flexibility index (Phi) is 5.36. The zero-order chi connectivity index (χ0) is 15.3. The summed E-state index contributed by atoms with van der Waals surface area (Å²) < 4.78 is 7.23. The van der Waals surface area contributed by atoms with Crippen LogP contribution in [0.4, 0.5) is 0 Å². The minimum absolute atomic E-state index is 0.0633.